The fourth-order valence-electron chi connectivity index (χ4n) is 1.34. The predicted octanol–water partition coefficient (Wildman–Crippen LogP) is 0.581. The quantitative estimate of drug-likeness (QED) is 0.606. The Morgan fingerprint density at radius 2 is 2.00 bits per heavy atom. The van der Waals surface area contributed by atoms with Crippen molar-refractivity contribution in [3.05, 3.63) is 18.2 Å². The number of esters is 1. The number of hydrogen-bond donors (Lipinski definition) is 2. The molecule has 0 amide bonds. The average molecular weight is 288 g/mol. The summed E-state index contributed by atoms with van der Waals surface area (Å²) in [5.74, 6) is -0.551. The lowest BCUT2D eigenvalue weighted by atomic mass is 10.2. The number of sulfonamides is 1. The molecule has 0 saturated carbocycles. The first-order valence-electron chi connectivity index (χ1n) is 5.34. The highest BCUT2D eigenvalue weighted by Crippen LogP contribution is 2.28. The molecule has 0 bridgehead atoms. The van der Waals surface area contributed by atoms with E-state index in [1.165, 1.54) is 26.2 Å². The van der Waals surface area contributed by atoms with Gasteiger partial charge in [-0.25, -0.2) is 8.42 Å². The standard InChI is InChI=1S/C11H16N2O5S/c1-7(11(14)18-3)19(15,16)13-9-6-8(12)4-5-10(9)17-2/h4-7,13H,12H2,1-3H3. The van der Waals surface area contributed by atoms with Crippen LogP contribution in [0.2, 0.25) is 0 Å². The third-order valence-corrected chi connectivity index (χ3v) is 4.10. The lowest BCUT2D eigenvalue weighted by Gasteiger charge is -2.15. The number of anilines is 2. The third kappa shape index (κ3) is 3.50. The Hall–Kier alpha value is -1.96. The van der Waals surface area contributed by atoms with Gasteiger partial charge in [-0.2, -0.15) is 0 Å². The van der Waals surface area contributed by atoms with Gasteiger partial charge in [-0.15, -0.1) is 0 Å². The molecule has 0 aliphatic rings. The molecule has 0 radical (unpaired) electrons. The number of ether oxygens (including phenoxy) is 2. The topological polar surface area (TPSA) is 108 Å². The second kappa shape index (κ2) is 5.79. The molecule has 1 aromatic rings. The molecular weight excluding hydrogens is 272 g/mol. The maximum absolute atomic E-state index is 12.0. The van der Waals surface area contributed by atoms with Crippen molar-refractivity contribution in [1.82, 2.24) is 0 Å². The normalized spacial score (nSPS) is 12.6. The monoisotopic (exact) mass is 288 g/mol. The van der Waals surface area contributed by atoms with Crippen LogP contribution in [0.1, 0.15) is 6.92 Å². The van der Waals surface area contributed by atoms with Gasteiger partial charge in [0.25, 0.3) is 0 Å². The number of nitrogens with one attached hydrogen (secondary N) is 1. The van der Waals surface area contributed by atoms with Gasteiger partial charge in [-0.1, -0.05) is 0 Å². The molecule has 1 atom stereocenters. The summed E-state index contributed by atoms with van der Waals surface area (Å²) in [5, 5.41) is -1.34. The largest absolute Gasteiger partial charge is 0.495 e. The van der Waals surface area contributed by atoms with Crippen molar-refractivity contribution in [3.63, 3.8) is 0 Å². The summed E-state index contributed by atoms with van der Waals surface area (Å²) in [4.78, 5) is 11.3. The van der Waals surface area contributed by atoms with Crippen LogP contribution in [0.15, 0.2) is 18.2 Å². The van der Waals surface area contributed by atoms with E-state index in [9.17, 15) is 13.2 Å². The molecule has 1 aromatic carbocycles. The van der Waals surface area contributed by atoms with Gasteiger partial charge in [-0.05, 0) is 25.1 Å². The van der Waals surface area contributed by atoms with Gasteiger partial charge < -0.3 is 15.2 Å². The van der Waals surface area contributed by atoms with Crippen LogP contribution in [0.5, 0.6) is 5.75 Å². The molecular formula is C11H16N2O5S. The van der Waals surface area contributed by atoms with E-state index in [2.05, 4.69) is 9.46 Å². The van der Waals surface area contributed by atoms with Crippen molar-refractivity contribution >= 4 is 27.4 Å². The highest BCUT2D eigenvalue weighted by molar-refractivity contribution is 7.94. The Labute approximate surface area is 111 Å². The number of methoxy groups -OCH3 is 2. The van der Waals surface area contributed by atoms with Crippen LogP contribution >= 0.6 is 0 Å². The van der Waals surface area contributed by atoms with Gasteiger partial charge in [0.1, 0.15) is 5.75 Å². The zero-order valence-corrected chi connectivity index (χ0v) is 11.7. The SMILES string of the molecule is COC(=O)C(C)S(=O)(=O)Nc1cc(N)ccc1OC. The maximum Gasteiger partial charge on any atom is 0.325 e. The number of benzene rings is 1. The molecule has 0 aromatic heterocycles. The fraction of sp³-hybridized carbons (Fsp3) is 0.364. The van der Waals surface area contributed by atoms with Crippen LogP contribution in [0.3, 0.4) is 0 Å². The highest BCUT2D eigenvalue weighted by Gasteiger charge is 2.29. The van der Waals surface area contributed by atoms with Gasteiger partial charge in [0.15, 0.2) is 5.25 Å². The zero-order chi connectivity index (χ0) is 14.6. The number of carbonyl (C=O) groups excluding carboxylic acids is 1. The molecule has 8 heteroatoms. The van der Waals surface area contributed by atoms with E-state index in [1.807, 2.05) is 0 Å². The Morgan fingerprint density at radius 3 is 2.53 bits per heavy atom. The first-order chi connectivity index (χ1) is 8.81. The molecule has 0 fully saturated rings. The first kappa shape index (κ1) is 15.1. The van der Waals surface area contributed by atoms with E-state index < -0.39 is 21.2 Å². The summed E-state index contributed by atoms with van der Waals surface area (Å²) >= 11 is 0. The van der Waals surface area contributed by atoms with Crippen molar-refractivity contribution in [2.45, 2.75) is 12.2 Å². The van der Waals surface area contributed by atoms with E-state index in [-0.39, 0.29) is 5.69 Å². The number of hydrogen-bond acceptors (Lipinski definition) is 6. The third-order valence-electron chi connectivity index (χ3n) is 2.47. The van der Waals surface area contributed by atoms with Gasteiger partial charge in [-0.3, -0.25) is 9.52 Å². The summed E-state index contributed by atoms with van der Waals surface area (Å²) in [6.07, 6.45) is 0. The molecule has 3 N–H and O–H groups in total. The molecule has 106 valence electrons. The average Bonchev–Trinajstić information content (AvgIpc) is 2.36. The Kier molecular flexibility index (Phi) is 4.60. The number of nitrogens with two attached hydrogens (primary N) is 1. The molecule has 0 aliphatic heterocycles. The highest BCUT2D eigenvalue weighted by atomic mass is 32.2. The van der Waals surface area contributed by atoms with Gasteiger partial charge in [0.2, 0.25) is 10.0 Å². The van der Waals surface area contributed by atoms with E-state index in [0.717, 1.165) is 7.11 Å². The molecule has 0 saturated heterocycles. The van der Waals surface area contributed by atoms with Crippen molar-refractivity contribution in [1.29, 1.82) is 0 Å². The van der Waals surface area contributed by atoms with E-state index >= 15 is 0 Å². The molecule has 1 unspecified atom stereocenters. The lowest BCUT2D eigenvalue weighted by molar-refractivity contribution is -0.139. The fourth-order valence-corrected chi connectivity index (χ4v) is 2.33. The Balaban J connectivity index is 3.08. The summed E-state index contributed by atoms with van der Waals surface area (Å²) in [6, 6.07) is 4.50. The molecule has 0 spiro atoms. The van der Waals surface area contributed by atoms with Crippen LogP contribution in [0.25, 0.3) is 0 Å². The minimum Gasteiger partial charge on any atom is -0.495 e. The molecule has 0 aliphatic carbocycles. The molecule has 19 heavy (non-hydrogen) atoms. The summed E-state index contributed by atoms with van der Waals surface area (Å²) in [7, 11) is -1.42. The van der Waals surface area contributed by atoms with Crippen LogP contribution in [0.4, 0.5) is 11.4 Å². The van der Waals surface area contributed by atoms with Crippen molar-refractivity contribution < 1.29 is 22.7 Å². The zero-order valence-electron chi connectivity index (χ0n) is 10.8. The van der Waals surface area contributed by atoms with Gasteiger partial charge in [0.05, 0.1) is 19.9 Å². The van der Waals surface area contributed by atoms with Crippen LogP contribution in [0, 0.1) is 0 Å². The van der Waals surface area contributed by atoms with E-state index in [0.29, 0.717) is 11.4 Å². The van der Waals surface area contributed by atoms with Crippen LogP contribution < -0.4 is 15.2 Å². The molecule has 1 rings (SSSR count). The van der Waals surface area contributed by atoms with Gasteiger partial charge >= 0.3 is 5.97 Å². The van der Waals surface area contributed by atoms with Crippen molar-refractivity contribution in [3.8, 4) is 5.75 Å². The van der Waals surface area contributed by atoms with Crippen LogP contribution in [-0.2, 0) is 19.6 Å². The summed E-state index contributed by atoms with van der Waals surface area (Å²) in [5.41, 5.74) is 6.11. The summed E-state index contributed by atoms with van der Waals surface area (Å²) in [6.45, 7) is 1.23. The minimum atomic E-state index is -3.93. The Bertz CT molecular complexity index is 570. The molecule has 7 nitrogen and oxygen atoms in total. The van der Waals surface area contributed by atoms with Crippen molar-refractivity contribution in [2.75, 3.05) is 24.7 Å². The smallest absolute Gasteiger partial charge is 0.325 e. The molecule has 0 heterocycles. The predicted molar refractivity (Wildman–Crippen MR) is 71.4 cm³/mol. The lowest BCUT2D eigenvalue weighted by Crippen LogP contribution is -2.33. The van der Waals surface area contributed by atoms with Gasteiger partial charge in [0, 0.05) is 5.69 Å². The first-order valence-corrected chi connectivity index (χ1v) is 6.89. The second-order valence-electron chi connectivity index (χ2n) is 3.77. The summed E-state index contributed by atoms with van der Waals surface area (Å²) < 4.78 is 35.6. The number of nitrogen functional groups attached to an aromatic ring is 1. The number of carbonyl (C=O) groups is 1. The van der Waals surface area contributed by atoms with E-state index in [1.54, 1.807) is 6.07 Å². The maximum atomic E-state index is 12.0. The van der Waals surface area contributed by atoms with Crippen LogP contribution in [-0.4, -0.2) is 33.9 Å². The van der Waals surface area contributed by atoms with Crippen molar-refractivity contribution in [2.24, 2.45) is 0 Å². The number of rotatable bonds is 5. The van der Waals surface area contributed by atoms with E-state index in [4.69, 9.17) is 10.5 Å². The minimum absolute atomic E-state index is 0.165. The second-order valence-corrected chi connectivity index (χ2v) is 5.77. The Morgan fingerprint density at radius 1 is 1.37 bits per heavy atom.